The summed E-state index contributed by atoms with van der Waals surface area (Å²) in [6, 6.07) is 6.63. The molecule has 110 valence electrons. The summed E-state index contributed by atoms with van der Waals surface area (Å²) < 4.78 is 5.79. The number of amides is 1. The van der Waals surface area contributed by atoms with Gasteiger partial charge in [-0.05, 0) is 50.9 Å². The molecular formula is C16H24N2O2. The highest BCUT2D eigenvalue weighted by molar-refractivity contribution is 5.78. The topological polar surface area (TPSA) is 41.6 Å². The van der Waals surface area contributed by atoms with E-state index in [-0.39, 0.29) is 5.91 Å². The van der Waals surface area contributed by atoms with E-state index < -0.39 is 0 Å². The molecule has 0 unspecified atom stereocenters. The highest BCUT2D eigenvalue weighted by Crippen LogP contribution is 2.19. The maximum absolute atomic E-state index is 11.6. The SMILES string of the molecule is Cc1ccc(C)c(OCCN(C)CC(=O)NC2CC2)c1. The largest absolute Gasteiger partial charge is 0.492 e. The van der Waals surface area contributed by atoms with Crippen molar-refractivity contribution in [1.82, 2.24) is 10.2 Å². The Morgan fingerprint density at radius 1 is 1.40 bits per heavy atom. The van der Waals surface area contributed by atoms with Crippen LogP contribution in [-0.4, -0.2) is 43.6 Å². The summed E-state index contributed by atoms with van der Waals surface area (Å²) in [4.78, 5) is 13.6. The first-order chi connectivity index (χ1) is 9.54. The third-order valence-corrected chi connectivity index (χ3v) is 3.43. The minimum atomic E-state index is 0.113. The lowest BCUT2D eigenvalue weighted by molar-refractivity contribution is -0.122. The van der Waals surface area contributed by atoms with Gasteiger partial charge in [-0.2, -0.15) is 0 Å². The summed E-state index contributed by atoms with van der Waals surface area (Å²) in [6.07, 6.45) is 2.26. The van der Waals surface area contributed by atoms with Crippen LogP contribution in [0.4, 0.5) is 0 Å². The number of carbonyl (C=O) groups excluding carboxylic acids is 1. The Labute approximate surface area is 121 Å². The summed E-state index contributed by atoms with van der Waals surface area (Å²) >= 11 is 0. The number of benzene rings is 1. The molecule has 0 bridgehead atoms. The van der Waals surface area contributed by atoms with E-state index in [0.29, 0.717) is 19.2 Å². The van der Waals surface area contributed by atoms with E-state index in [1.807, 2.05) is 18.9 Å². The van der Waals surface area contributed by atoms with Crippen LogP contribution in [-0.2, 0) is 4.79 Å². The molecule has 1 saturated carbocycles. The summed E-state index contributed by atoms with van der Waals surface area (Å²) in [7, 11) is 1.94. The van der Waals surface area contributed by atoms with E-state index in [1.54, 1.807) is 0 Å². The Morgan fingerprint density at radius 2 is 2.15 bits per heavy atom. The second-order valence-electron chi connectivity index (χ2n) is 5.70. The predicted molar refractivity (Wildman–Crippen MR) is 80.1 cm³/mol. The first-order valence-corrected chi connectivity index (χ1v) is 7.22. The molecular weight excluding hydrogens is 252 g/mol. The first-order valence-electron chi connectivity index (χ1n) is 7.22. The highest BCUT2D eigenvalue weighted by Gasteiger charge is 2.23. The molecule has 0 heterocycles. The van der Waals surface area contributed by atoms with Gasteiger partial charge < -0.3 is 10.1 Å². The molecule has 1 aliphatic rings. The molecule has 0 radical (unpaired) electrons. The van der Waals surface area contributed by atoms with E-state index >= 15 is 0 Å². The molecule has 0 spiro atoms. The van der Waals surface area contributed by atoms with Crippen LogP contribution in [0.1, 0.15) is 24.0 Å². The van der Waals surface area contributed by atoms with Gasteiger partial charge in [0.05, 0.1) is 6.54 Å². The van der Waals surface area contributed by atoms with Crippen molar-refractivity contribution in [2.24, 2.45) is 0 Å². The maximum Gasteiger partial charge on any atom is 0.234 e. The highest BCUT2D eigenvalue weighted by atomic mass is 16.5. The van der Waals surface area contributed by atoms with Gasteiger partial charge in [0.25, 0.3) is 0 Å². The van der Waals surface area contributed by atoms with Crippen LogP contribution in [0, 0.1) is 13.8 Å². The third kappa shape index (κ3) is 4.85. The number of carbonyl (C=O) groups is 1. The minimum absolute atomic E-state index is 0.113. The fraction of sp³-hybridized carbons (Fsp3) is 0.562. The molecule has 1 aromatic carbocycles. The van der Waals surface area contributed by atoms with Crippen molar-refractivity contribution in [3.8, 4) is 5.75 Å². The van der Waals surface area contributed by atoms with Crippen molar-refractivity contribution in [1.29, 1.82) is 0 Å². The van der Waals surface area contributed by atoms with Crippen molar-refractivity contribution in [3.63, 3.8) is 0 Å². The van der Waals surface area contributed by atoms with E-state index in [2.05, 4.69) is 30.4 Å². The number of nitrogens with zero attached hydrogens (tertiary/aromatic N) is 1. The van der Waals surface area contributed by atoms with Crippen molar-refractivity contribution in [3.05, 3.63) is 29.3 Å². The Bertz CT molecular complexity index is 470. The molecule has 1 N–H and O–H groups in total. The molecule has 1 aliphatic carbocycles. The average molecular weight is 276 g/mol. The molecule has 0 atom stereocenters. The van der Waals surface area contributed by atoms with Gasteiger partial charge in [0.2, 0.25) is 5.91 Å². The van der Waals surface area contributed by atoms with Gasteiger partial charge in [-0.15, -0.1) is 0 Å². The molecule has 1 amide bonds. The van der Waals surface area contributed by atoms with E-state index in [4.69, 9.17) is 4.74 Å². The van der Waals surface area contributed by atoms with Crippen molar-refractivity contribution >= 4 is 5.91 Å². The number of aryl methyl sites for hydroxylation is 2. The first kappa shape index (κ1) is 14.9. The monoisotopic (exact) mass is 276 g/mol. The number of hydrogen-bond donors (Lipinski definition) is 1. The molecule has 0 saturated heterocycles. The van der Waals surface area contributed by atoms with Gasteiger partial charge in [-0.3, -0.25) is 9.69 Å². The quantitative estimate of drug-likeness (QED) is 0.827. The number of rotatable bonds is 7. The number of hydrogen-bond acceptors (Lipinski definition) is 3. The molecule has 4 heteroatoms. The van der Waals surface area contributed by atoms with Gasteiger partial charge >= 0.3 is 0 Å². The normalized spacial score (nSPS) is 14.4. The second kappa shape index (κ2) is 6.75. The molecule has 1 fully saturated rings. The van der Waals surface area contributed by atoms with Crippen molar-refractivity contribution in [2.75, 3.05) is 26.7 Å². The summed E-state index contributed by atoms with van der Waals surface area (Å²) in [5.41, 5.74) is 2.34. The van der Waals surface area contributed by atoms with Crippen LogP contribution < -0.4 is 10.1 Å². The zero-order valence-corrected chi connectivity index (χ0v) is 12.6. The van der Waals surface area contributed by atoms with Gasteiger partial charge in [0.15, 0.2) is 0 Å². The molecule has 0 aliphatic heterocycles. The lowest BCUT2D eigenvalue weighted by atomic mass is 10.1. The summed E-state index contributed by atoms with van der Waals surface area (Å²) in [6.45, 7) is 5.87. The van der Waals surface area contributed by atoms with Crippen LogP contribution in [0.25, 0.3) is 0 Å². The number of likely N-dealkylation sites (N-methyl/N-ethyl adjacent to an activating group) is 1. The zero-order valence-electron chi connectivity index (χ0n) is 12.6. The van der Waals surface area contributed by atoms with Crippen LogP contribution >= 0.6 is 0 Å². The minimum Gasteiger partial charge on any atom is -0.492 e. The molecule has 1 aromatic rings. The Balaban J connectivity index is 1.68. The molecule has 4 nitrogen and oxygen atoms in total. The average Bonchev–Trinajstić information content (AvgIpc) is 3.17. The van der Waals surface area contributed by atoms with E-state index in [0.717, 1.165) is 30.7 Å². The fourth-order valence-corrected chi connectivity index (χ4v) is 2.00. The molecule has 2 rings (SSSR count). The van der Waals surface area contributed by atoms with Gasteiger partial charge in [-0.1, -0.05) is 12.1 Å². The van der Waals surface area contributed by atoms with Crippen LogP contribution in [0.3, 0.4) is 0 Å². The lowest BCUT2D eigenvalue weighted by Gasteiger charge is -2.17. The number of nitrogens with one attached hydrogen (secondary N) is 1. The van der Waals surface area contributed by atoms with Crippen LogP contribution in [0.2, 0.25) is 0 Å². The Hall–Kier alpha value is -1.55. The maximum atomic E-state index is 11.6. The number of ether oxygens (including phenoxy) is 1. The van der Waals surface area contributed by atoms with Gasteiger partial charge in [-0.25, -0.2) is 0 Å². The van der Waals surface area contributed by atoms with Gasteiger partial charge in [0, 0.05) is 12.6 Å². The third-order valence-electron chi connectivity index (χ3n) is 3.43. The van der Waals surface area contributed by atoms with Crippen molar-refractivity contribution in [2.45, 2.75) is 32.7 Å². The second-order valence-corrected chi connectivity index (χ2v) is 5.70. The molecule has 20 heavy (non-hydrogen) atoms. The van der Waals surface area contributed by atoms with Crippen LogP contribution in [0.15, 0.2) is 18.2 Å². The Morgan fingerprint density at radius 3 is 2.85 bits per heavy atom. The van der Waals surface area contributed by atoms with Gasteiger partial charge in [0.1, 0.15) is 12.4 Å². The van der Waals surface area contributed by atoms with Crippen molar-refractivity contribution < 1.29 is 9.53 Å². The van der Waals surface area contributed by atoms with E-state index in [1.165, 1.54) is 5.56 Å². The predicted octanol–water partition coefficient (Wildman–Crippen LogP) is 1.89. The standard InChI is InChI=1S/C16H24N2O2/c1-12-4-5-13(2)15(10-12)20-9-8-18(3)11-16(19)17-14-6-7-14/h4-5,10,14H,6-9,11H2,1-3H3,(H,17,19). The summed E-state index contributed by atoms with van der Waals surface area (Å²) in [5.74, 6) is 1.04. The molecule has 0 aromatic heterocycles. The zero-order chi connectivity index (χ0) is 14.5. The Kier molecular flexibility index (Phi) is 5.01. The van der Waals surface area contributed by atoms with Crippen LogP contribution in [0.5, 0.6) is 5.75 Å². The summed E-state index contributed by atoms with van der Waals surface area (Å²) in [5, 5.41) is 2.99. The fourth-order valence-electron chi connectivity index (χ4n) is 2.00. The smallest absolute Gasteiger partial charge is 0.234 e. The van der Waals surface area contributed by atoms with E-state index in [9.17, 15) is 4.79 Å². The lowest BCUT2D eigenvalue weighted by Crippen LogP contribution is -2.37.